The second kappa shape index (κ2) is 3.87. The van der Waals surface area contributed by atoms with Gasteiger partial charge in [0.25, 0.3) is 0 Å². The molecule has 80 valence electrons. The number of hydrogen-bond donors (Lipinski definition) is 0. The average molecular weight is 199 g/mol. The minimum absolute atomic E-state index is 0.0442. The molecule has 0 bridgehead atoms. The van der Waals surface area contributed by atoms with Crippen molar-refractivity contribution in [2.24, 2.45) is 5.92 Å². The number of hydrogen-bond acceptors (Lipinski definition) is 3. The van der Waals surface area contributed by atoms with Gasteiger partial charge in [-0.3, -0.25) is 4.79 Å². The van der Waals surface area contributed by atoms with Crippen LogP contribution in [0, 0.1) is 5.92 Å². The van der Waals surface area contributed by atoms with E-state index in [9.17, 15) is 4.79 Å². The molecule has 0 aromatic rings. The Morgan fingerprint density at radius 1 is 1.14 bits per heavy atom. The zero-order valence-electron chi connectivity index (χ0n) is 8.73. The molecule has 0 aromatic carbocycles. The van der Waals surface area contributed by atoms with E-state index in [1.165, 1.54) is 0 Å². The molecule has 0 radical (unpaired) electrons. The molecule has 1 aliphatic heterocycles. The number of carbonyl (C=O) groups is 1. The lowest BCUT2D eigenvalue weighted by molar-refractivity contribution is -0.132. The molecule has 0 spiro atoms. The molecule has 1 saturated heterocycles. The van der Waals surface area contributed by atoms with Crippen molar-refractivity contribution >= 4 is 5.91 Å². The molecule has 4 heteroatoms. The van der Waals surface area contributed by atoms with Crippen LogP contribution < -0.4 is 0 Å². The zero-order valence-corrected chi connectivity index (χ0v) is 8.73. The van der Waals surface area contributed by atoms with Gasteiger partial charge in [0.2, 0.25) is 5.91 Å². The van der Waals surface area contributed by atoms with Gasteiger partial charge in [-0.1, -0.05) is 0 Å². The minimum atomic E-state index is 0.0442. The Bertz CT molecular complexity index is 215. The van der Waals surface area contributed by atoms with Crippen LogP contribution in [0.4, 0.5) is 0 Å². The zero-order chi connectivity index (χ0) is 10.1. The molecule has 1 aliphatic carbocycles. The van der Waals surface area contributed by atoms with Gasteiger partial charge < -0.3 is 14.4 Å². The van der Waals surface area contributed by atoms with Crippen molar-refractivity contribution in [3.8, 4) is 0 Å². The summed E-state index contributed by atoms with van der Waals surface area (Å²) in [5.41, 5.74) is 0. The molecule has 0 aromatic heterocycles. The predicted octanol–water partition coefficient (Wildman–Crippen LogP) is 0.269. The predicted molar refractivity (Wildman–Crippen MR) is 50.9 cm³/mol. The van der Waals surface area contributed by atoms with E-state index in [1.54, 1.807) is 14.2 Å². The third-order valence-electron chi connectivity index (χ3n) is 3.06. The maximum absolute atomic E-state index is 11.7. The summed E-state index contributed by atoms with van der Waals surface area (Å²) in [6, 6.07) is 0. The monoisotopic (exact) mass is 199 g/mol. The van der Waals surface area contributed by atoms with Crippen molar-refractivity contribution in [2.75, 3.05) is 27.3 Å². The molecule has 2 rings (SSSR count). The fourth-order valence-corrected chi connectivity index (χ4v) is 1.97. The molecular formula is C10H17NO3. The molecule has 2 aliphatic rings. The van der Waals surface area contributed by atoms with Crippen LogP contribution in [-0.2, 0) is 14.3 Å². The maximum atomic E-state index is 11.7. The molecule has 1 amide bonds. The molecule has 14 heavy (non-hydrogen) atoms. The lowest BCUT2D eigenvalue weighted by Crippen LogP contribution is -2.31. The van der Waals surface area contributed by atoms with E-state index in [2.05, 4.69) is 0 Å². The van der Waals surface area contributed by atoms with E-state index in [4.69, 9.17) is 9.47 Å². The van der Waals surface area contributed by atoms with Gasteiger partial charge in [-0.05, 0) is 12.8 Å². The van der Waals surface area contributed by atoms with Crippen molar-refractivity contribution < 1.29 is 14.3 Å². The SMILES string of the molecule is COC1CN(C(=O)C2CC2)CC1OC. The third-order valence-corrected chi connectivity index (χ3v) is 3.06. The Labute approximate surface area is 84.2 Å². The second-order valence-electron chi connectivity index (χ2n) is 4.07. The number of nitrogens with zero attached hydrogens (tertiary/aromatic N) is 1. The van der Waals surface area contributed by atoms with E-state index >= 15 is 0 Å². The minimum Gasteiger partial charge on any atom is -0.377 e. The molecule has 2 atom stereocenters. The van der Waals surface area contributed by atoms with E-state index in [0.29, 0.717) is 19.0 Å². The second-order valence-corrected chi connectivity index (χ2v) is 4.07. The van der Waals surface area contributed by atoms with Crippen LogP contribution in [-0.4, -0.2) is 50.3 Å². The third kappa shape index (κ3) is 1.77. The van der Waals surface area contributed by atoms with E-state index < -0.39 is 0 Å². The number of rotatable bonds is 3. The quantitative estimate of drug-likeness (QED) is 0.655. The van der Waals surface area contributed by atoms with E-state index in [0.717, 1.165) is 12.8 Å². The van der Waals surface area contributed by atoms with Crippen LogP contribution in [0.1, 0.15) is 12.8 Å². The number of methoxy groups -OCH3 is 2. The maximum Gasteiger partial charge on any atom is 0.225 e. The lowest BCUT2D eigenvalue weighted by Gasteiger charge is -2.14. The van der Waals surface area contributed by atoms with Crippen LogP contribution in [0.2, 0.25) is 0 Å². The summed E-state index contributed by atoms with van der Waals surface area (Å²) in [7, 11) is 3.34. The van der Waals surface area contributed by atoms with Gasteiger partial charge in [-0.2, -0.15) is 0 Å². The summed E-state index contributed by atoms with van der Waals surface area (Å²) in [5.74, 6) is 0.578. The van der Waals surface area contributed by atoms with Crippen molar-refractivity contribution in [1.82, 2.24) is 4.90 Å². The first-order chi connectivity index (χ1) is 6.76. The van der Waals surface area contributed by atoms with E-state index in [-0.39, 0.29) is 18.1 Å². The van der Waals surface area contributed by atoms with Crippen LogP contribution in [0.15, 0.2) is 0 Å². The van der Waals surface area contributed by atoms with Crippen molar-refractivity contribution in [2.45, 2.75) is 25.0 Å². The molecule has 2 unspecified atom stereocenters. The van der Waals surface area contributed by atoms with Crippen molar-refractivity contribution in [3.63, 3.8) is 0 Å². The fourth-order valence-electron chi connectivity index (χ4n) is 1.97. The lowest BCUT2D eigenvalue weighted by atomic mass is 10.3. The number of amides is 1. The van der Waals surface area contributed by atoms with Crippen molar-refractivity contribution in [1.29, 1.82) is 0 Å². The highest BCUT2D eigenvalue weighted by Gasteiger charge is 2.40. The average Bonchev–Trinajstić information content (AvgIpc) is 2.96. The molecular weight excluding hydrogens is 182 g/mol. The Balaban J connectivity index is 1.93. The smallest absolute Gasteiger partial charge is 0.225 e. The number of likely N-dealkylation sites (tertiary alicyclic amines) is 1. The van der Waals surface area contributed by atoms with Gasteiger partial charge >= 0.3 is 0 Å². The normalized spacial score (nSPS) is 32.3. The van der Waals surface area contributed by atoms with Gasteiger partial charge in [0, 0.05) is 33.2 Å². The summed E-state index contributed by atoms with van der Waals surface area (Å²) in [5, 5.41) is 0. The Morgan fingerprint density at radius 3 is 2.00 bits per heavy atom. The number of carbonyl (C=O) groups excluding carboxylic acids is 1. The van der Waals surface area contributed by atoms with Gasteiger partial charge in [0.1, 0.15) is 12.2 Å². The van der Waals surface area contributed by atoms with Crippen LogP contribution >= 0.6 is 0 Å². The summed E-state index contributed by atoms with van der Waals surface area (Å²) < 4.78 is 10.6. The molecule has 0 N–H and O–H groups in total. The van der Waals surface area contributed by atoms with Crippen LogP contribution in [0.5, 0.6) is 0 Å². The molecule has 2 fully saturated rings. The summed E-state index contributed by atoms with van der Waals surface area (Å²) in [4.78, 5) is 13.6. The highest BCUT2D eigenvalue weighted by atomic mass is 16.5. The Morgan fingerprint density at radius 2 is 1.64 bits per heavy atom. The summed E-state index contributed by atoms with van der Waals surface area (Å²) in [6.07, 6.45) is 2.21. The van der Waals surface area contributed by atoms with Gasteiger partial charge in [0.05, 0.1) is 0 Å². The number of ether oxygens (including phenoxy) is 2. The van der Waals surface area contributed by atoms with Gasteiger partial charge in [-0.25, -0.2) is 0 Å². The first-order valence-electron chi connectivity index (χ1n) is 5.10. The van der Waals surface area contributed by atoms with Gasteiger partial charge in [0.15, 0.2) is 0 Å². The molecule has 1 saturated carbocycles. The van der Waals surface area contributed by atoms with Crippen LogP contribution in [0.3, 0.4) is 0 Å². The standard InChI is InChI=1S/C10H17NO3/c1-13-8-5-11(6-9(8)14-2)10(12)7-3-4-7/h7-9H,3-6H2,1-2H3. The van der Waals surface area contributed by atoms with Gasteiger partial charge in [-0.15, -0.1) is 0 Å². The van der Waals surface area contributed by atoms with E-state index in [1.807, 2.05) is 4.90 Å². The van der Waals surface area contributed by atoms with Crippen LogP contribution in [0.25, 0.3) is 0 Å². The molecule has 4 nitrogen and oxygen atoms in total. The topological polar surface area (TPSA) is 38.8 Å². The highest BCUT2D eigenvalue weighted by molar-refractivity contribution is 5.81. The first kappa shape index (κ1) is 9.93. The Hall–Kier alpha value is -0.610. The molecule has 1 heterocycles. The largest absolute Gasteiger partial charge is 0.377 e. The first-order valence-corrected chi connectivity index (χ1v) is 5.10. The van der Waals surface area contributed by atoms with Crippen molar-refractivity contribution in [3.05, 3.63) is 0 Å². The fraction of sp³-hybridized carbons (Fsp3) is 0.900. The highest BCUT2D eigenvalue weighted by Crippen LogP contribution is 2.32. The summed E-state index contributed by atoms with van der Waals surface area (Å²) >= 11 is 0. The Kier molecular flexibility index (Phi) is 2.74. The summed E-state index contributed by atoms with van der Waals surface area (Å²) in [6.45, 7) is 1.37.